The summed E-state index contributed by atoms with van der Waals surface area (Å²) in [5.41, 5.74) is 6.58. The molecule has 1 N–H and O–H groups in total. The van der Waals surface area contributed by atoms with E-state index in [2.05, 4.69) is 31.1 Å². The highest BCUT2D eigenvalue weighted by Gasteiger charge is 2.22. The van der Waals surface area contributed by atoms with Crippen LogP contribution >= 0.6 is 0 Å². The topological polar surface area (TPSA) is 106 Å². The molecule has 4 heterocycles. The van der Waals surface area contributed by atoms with Gasteiger partial charge < -0.3 is 19.1 Å². The van der Waals surface area contributed by atoms with Crippen LogP contribution in [-0.2, 0) is 11.2 Å². The molecule has 37 heavy (non-hydrogen) atoms. The molecule has 0 atom stereocenters. The number of pyridine rings is 1. The average Bonchev–Trinajstić information content (AvgIpc) is 3.59. The van der Waals surface area contributed by atoms with Crippen molar-refractivity contribution in [3.63, 3.8) is 0 Å². The van der Waals surface area contributed by atoms with Crippen LogP contribution in [0, 0.1) is 0 Å². The van der Waals surface area contributed by atoms with Crippen LogP contribution in [-0.4, -0.2) is 70.2 Å². The molecule has 0 saturated carbocycles. The van der Waals surface area contributed by atoms with Crippen molar-refractivity contribution >= 4 is 5.71 Å². The highest BCUT2D eigenvalue weighted by molar-refractivity contribution is 6.04. The first-order valence-electron chi connectivity index (χ1n) is 12.4. The second kappa shape index (κ2) is 10.5. The molecular formula is C28H27N5O4. The number of nitrogens with zero attached hydrogens (tertiary/aromatic N) is 5. The van der Waals surface area contributed by atoms with Gasteiger partial charge in [-0.1, -0.05) is 23.4 Å². The third-order valence-electron chi connectivity index (χ3n) is 6.81. The van der Waals surface area contributed by atoms with Gasteiger partial charge in [0.05, 0.1) is 24.5 Å². The number of hydrogen-bond acceptors (Lipinski definition) is 9. The minimum Gasteiger partial charge on any atom is -0.462 e. The van der Waals surface area contributed by atoms with Crippen LogP contribution in [0.5, 0.6) is 6.01 Å². The Labute approximate surface area is 214 Å². The molecule has 3 aromatic heterocycles. The second-order valence-corrected chi connectivity index (χ2v) is 9.06. The van der Waals surface area contributed by atoms with E-state index in [1.807, 2.05) is 30.3 Å². The summed E-state index contributed by atoms with van der Waals surface area (Å²) < 4.78 is 17.5. The van der Waals surface area contributed by atoms with Crippen molar-refractivity contribution in [2.45, 2.75) is 12.8 Å². The van der Waals surface area contributed by atoms with Gasteiger partial charge in [0.1, 0.15) is 18.1 Å². The van der Waals surface area contributed by atoms with Gasteiger partial charge >= 0.3 is 6.01 Å². The van der Waals surface area contributed by atoms with E-state index in [0.29, 0.717) is 18.4 Å². The summed E-state index contributed by atoms with van der Waals surface area (Å²) >= 11 is 0. The van der Waals surface area contributed by atoms with E-state index < -0.39 is 0 Å². The maximum absolute atomic E-state index is 9.29. The molecule has 0 amide bonds. The van der Waals surface area contributed by atoms with Crippen molar-refractivity contribution in [2.75, 3.05) is 39.5 Å². The molecule has 6 rings (SSSR count). The summed E-state index contributed by atoms with van der Waals surface area (Å²) in [5, 5.41) is 12.7. The molecule has 2 aliphatic rings. The Hall–Kier alpha value is -4.08. The lowest BCUT2D eigenvalue weighted by Crippen LogP contribution is -2.38. The van der Waals surface area contributed by atoms with Gasteiger partial charge in [0.2, 0.25) is 0 Å². The molecule has 1 aromatic carbocycles. The van der Waals surface area contributed by atoms with Crippen molar-refractivity contribution in [1.29, 1.82) is 0 Å². The number of ether oxygens (including phenoxy) is 2. The molecule has 0 radical (unpaired) electrons. The van der Waals surface area contributed by atoms with Gasteiger partial charge in [-0.15, -0.1) is 0 Å². The van der Waals surface area contributed by atoms with Crippen molar-refractivity contribution in [1.82, 2.24) is 19.9 Å². The van der Waals surface area contributed by atoms with Crippen molar-refractivity contribution in [2.24, 2.45) is 5.16 Å². The monoisotopic (exact) mass is 497 g/mol. The van der Waals surface area contributed by atoms with E-state index in [0.717, 1.165) is 90.5 Å². The SMILES string of the molecule is O/N=C1\CCc2cc(-c3cc(-c4cnc(OCCN5CCOCC5)nc4)oc3-c3ccncc3)ccc21. The average molecular weight is 498 g/mol. The van der Waals surface area contributed by atoms with Gasteiger partial charge in [0.25, 0.3) is 0 Å². The van der Waals surface area contributed by atoms with Crippen LogP contribution in [0.15, 0.2) is 70.8 Å². The fourth-order valence-electron chi connectivity index (χ4n) is 4.82. The molecule has 0 unspecified atom stereocenters. The zero-order valence-electron chi connectivity index (χ0n) is 20.3. The number of benzene rings is 1. The van der Waals surface area contributed by atoms with Gasteiger partial charge in [-0.05, 0) is 42.2 Å². The first kappa shape index (κ1) is 23.3. The lowest BCUT2D eigenvalue weighted by molar-refractivity contribution is 0.0317. The molecule has 9 heteroatoms. The van der Waals surface area contributed by atoms with E-state index in [1.165, 1.54) is 0 Å². The first-order valence-corrected chi connectivity index (χ1v) is 12.4. The Balaban J connectivity index is 1.26. The second-order valence-electron chi connectivity index (χ2n) is 9.06. The van der Waals surface area contributed by atoms with E-state index in [9.17, 15) is 5.21 Å². The number of fused-ring (bicyclic) bond motifs is 1. The predicted molar refractivity (Wildman–Crippen MR) is 138 cm³/mol. The zero-order valence-corrected chi connectivity index (χ0v) is 20.3. The fourth-order valence-corrected chi connectivity index (χ4v) is 4.82. The maximum atomic E-state index is 9.29. The van der Waals surface area contributed by atoms with E-state index in [1.54, 1.807) is 24.8 Å². The third kappa shape index (κ3) is 4.96. The molecule has 1 fully saturated rings. The molecular weight excluding hydrogens is 470 g/mol. The van der Waals surface area contributed by atoms with Crippen LogP contribution in [0.1, 0.15) is 17.5 Å². The number of oxime groups is 1. The molecule has 188 valence electrons. The molecule has 1 aliphatic carbocycles. The lowest BCUT2D eigenvalue weighted by atomic mass is 9.98. The van der Waals surface area contributed by atoms with Crippen LogP contribution in [0.2, 0.25) is 0 Å². The number of morpholine rings is 1. The predicted octanol–water partition coefficient (Wildman–Crippen LogP) is 4.30. The molecule has 9 nitrogen and oxygen atoms in total. The zero-order chi connectivity index (χ0) is 25.0. The Morgan fingerprint density at radius 2 is 1.73 bits per heavy atom. The van der Waals surface area contributed by atoms with Crippen LogP contribution in [0.25, 0.3) is 33.8 Å². The smallest absolute Gasteiger partial charge is 0.316 e. The van der Waals surface area contributed by atoms with E-state index in [-0.39, 0.29) is 0 Å². The normalized spacial score (nSPS) is 16.7. The Morgan fingerprint density at radius 3 is 2.51 bits per heavy atom. The summed E-state index contributed by atoms with van der Waals surface area (Å²) in [5.74, 6) is 1.41. The van der Waals surface area contributed by atoms with Crippen molar-refractivity contribution in [3.8, 4) is 39.8 Å². The molecule has 1 aliphatic heterocycles. The summed E-state index contributed by atoms with van der Waals surface area (Å²) in [4.78, 5) is 15.3. The van der Waals surface area contributed by atoms with E-state index >= 15 is 0 Å². The minimum absolute atomic E-state index is 0.345. The highest BCUT2D eigenvalue weighted by Crippen LogP contribution is 2.40. The van der Waals surface area contributed by atoms with Gasteiger partial charge in [-0.2, -0.15) is 0 Å². The summed E-state index contributed by atoms with van der Waals surface area (Å²) in [6, 6.07) is 12.4. The minimum atomic E-state index is 0.345. The molecule has 4 aromatic rings. The van der Waals surface area contributed by atoms with Crippen molar-refractivity contribution in [3.05, 3.63) is 72.3 Å². The molecule has 0 bridgehead atoms. The summed E-state index contributed by atoms with van der Waals surface area (Å²) in [6.07, 6.45) is 8.53. The molecule has 1 saturated heterocycles. The number of aryl methyl sites for hydroxylation is 1. The summed E-state index contributed by atoms with van der Waals surface area (Å²) in [6.45, 7) is 4.71. The number of rotatable bonds is 7. The lowest BCUT2D eigenvalue weighted by Gasteiger charge is -2.26. The van der Waals surface area contributed by atoms with Gasteiger partial charge in [0.15, 0.2) is 0 Å². The largest absolute Gasteiger partial charge is 0.462 e. The van der Waals surface area contributed by atoms with E-state index in [4.69, 9.17) is 13.9 Å². The quantitative estimate of drug-likeness (QED) is 0.298. The Morgan fingerprint density at radius 1 is 0.919 bits per heavy atom. The van der Waals surface area contributed by atoms with Crippen LogP contribution in [0.3, 0.4) is 0 Å². The number of furan rings is 1. The van der Waals surface area contributed by atoms with Gasteiger partial charge in [-0.25, -0.2) is 9.97 Å². The molecule has 0 spiro atoms. The van der Waals surface area contributed by atoms with Crippen LogP contribution < -0.4 is 4.74 Å². The third-order valence-corrected chi connectivity index (χ3v) is 6.81. The van der Waals surface area contributed by atoms with Gasteiger partial charge in [0, 0.05) is 61.1 Å². The van der Waals surface area contributed by atoms with Gasteiger partial charge in [-0.3, -0.25) is 9.88 Å². The first-order chi connectivity index (χ1) is 18.3. The maximum Gasteiger partial charge on any atom is 0.316 e. The van der Waals surface area contributed by atoms with Crippen LogP contribution in [0.4, 0.5) is 0 Å². The highest BCUT2D eigenvalue weighted by atomic mass is 16.5. The Kier molecular flexibility index (Phi) is 6.62. The summed E-state index contributed by atoms with van der Waals surface area (Å²) in [7, 11) is 0. The number of aromatic nitrogens is 3. The number of hydrogen-bond donors (Lipinski definition) is 1. The standard InChI is InChI=1S/C28H27N5O4/c34-32-25-4-2-20-15-21(1-3-23(20)25)24-16-26(37-27(24)19-5-7-29-8-6-19)22-17-30-28(31-18-22)36-14-11-33-9-12-35-13-10-33/h1,3,5-8,15-18,34H,2,4,9-14H2/b32-25+. The fraction of sp³-hybridized carbons (Fsp3) is 0.286. The Bertz CT molecular complexity index is 1400. The van der Waals surface area contributed by atoms with Crippen molar-refractivity contribution < 1.29 is 19.1 Å².